The first-order valence-corrected chi connectivity index (χ1v) is 8.49. The predicted molar refractivity (Wildman–Crippen MR) is 96.9 cm³/mol. The number of hydrogen-bond acceptors (Lipinski definition) is 2. The number of thiocarbonyl (C=S) groups is 1. The zero-order valence-corrected chi connectivity index (χ0v) is 14.2. The van der Waals surface area contributed by atoms with E-state index in [2.05, 4.69) is 54.4 Å². The molecule has 1 N–H and O–H groups in total. The fourth-order valence-electron chi connectivity index (χ4n) is 3.63. The van der Waals surface area contributed by atoms with Crippen molar-refractivity contribution in [2.45, 2.75) is 38.5 Å². The first kappa shape index (κ1) is 14.5. The zero-order valence-electron chi connectivity index (χ0n) is 13.4. The lowest BCUT2D eigenvalue weighted by Crippen LogP contribution is -2.65. The van der Waals surface area contributed by atoms with Gasteiger partial charge in [-0.25, -0.2) is 0 Å². The van der Waals surface area contributed by atoms with Crippen LogP contribution >= 0.6 is 12.2 Å². The van der Waals surface area contributed by atoms with Crippen molar-refractivity contribution >= 4 is 23.0 Å². The van der Waals surface area contributed by atoms with Gasteiger partial charge in [-0.15, -0.1) is 0 Å². The molecule has 23 heavy (non-hydrogen) atoms. The predicted octanol–water partition coefficient (Wildman–Crippen LogP) is 4.18. The summed E-state index contributed by atoms with van der Waals surface area (Å²) in [5.74, 6) is 0.942. The summed E-state index contributed by atoms with van der Waals surface area (Å²) in [5, 5.41) is 4.22. The molecule has 2 bridgehead atoms. The number of anilines is 1. The van der Waals surface area contributed by atoms with Gasteiger partial charge in [0.15, 0.2) is 10.8 Å². The van der Waals surface area contributed by atoms with Crippen LogP contribution in [0.25, 0.3) is 0 Å². The molecule has 2 heterocycles. The fourth-order valence-corrected chi connectivity index (χ4v) is 4.07. The van der Waals surface area contributed by atoms with Crippen LogP contribution in [0.2, 0.25) is 0 Å². The third-order valence-electron chi connectivity index (χ3n) is 4.76. The molecule has 2 aromatic rings. The molecule has 2 atom stereocenters. The van der Waals surface area contributed by atoms with Gasteiger partial charge >= 0.3 is 0 Å². The van der Waals surface area contributed by atoms with Crippen LogP contribution in [-0.4, -0.2) is 10.8 Å². The Morgan fingerprint density at radius 2 is 2.09 bits per heavy atom. The van der Waals surface area contributed by atoms with Gasteiger partial charge in [0.05, 0.1) is 6.04 Å². The van der Waals surface area contributed by atoms with Gasteiger partial charge in [-0.05, 0) is 49.3 Å². The molecule has 2 aliphatic rings. The number of ether oxygens (including phenoxy) is 1. The first-order valence-electron chi connectivity index (χ1n) is 8.08. The van der Waals surface area contributed by atoms with Gasteiger partial charge in [0.2, 0.25) is 0 Å². The summed E-state index contributed by atoms with van der Waals surface area (Å²) in [4.78, 5) is 2.12. The van der Waals surface area contributed by atoms with Crippen molar-refractivity contribution in [2.24, 2.45) is 0 Å². The van der Waals surface area contributed by atoms with Crippen molar-refractivity contribution in [3.05, 3.63) is 59.7 Å². The number of nitrogens with zero attached hydrogens (tertiary/aromatic N) is 1. The van der Waals surface area contributed by atoms with Crippen molar-refractivity contribution in [3.63, 3.8) is 0 Å². The molecule has 0 aromatic heterocycles. The lowest BCUT2D eigenvalue weighted by atomic mass is 9.90. The van der Waals surface area contributed by atoms with Crippen LogP contribution in [0.4, 0.5) is 5.69 Å². The van der Waals surface area contributed by atoms with E-state index in [9.17, 15) is 0 Å². The minimum atomic E-state index is -0.465. The highest BCUT2D eigenvalue weighted by atomic mass is 32.1. The maximum atomic E-state index is 6.40. The quantitative estimate of drug-likeness (QED) is 0.838. The third-order valence-corrected chi connectivity index (χ3v) is 5.06. The largest absolute Gasteiger partial charge is 0.467 e. The lowest BCUT2D eigenvalue weighted by Gasteiger charge is -2.52. The second-order valence-electron chi connectivity index (χ2n) is 6.38. The number of nitrogens with one attached hydrogen (secondary N) is 1. The summed E-state index contributed by atoms with van der Waals surface area (Å²) in [6.45, 7) is 4.29. The van der Waals surface area contributed by atoms with E-state index in [4.69, 9.17) is 17.0 Å². The number of aryl methyl sites for hydroxylation is 1. The van der Waals surface area contributed by atoms with Crippen LogP contribution in [0.15, 0.2) is 48.5 Å². The van der Waals surface area contributed by atoms with Crippen LogP contribution in [0.5, 0.6) is 5.75 Å². The van der Waals surface area contributed by atoms with E-state index < -0.39 is 5.72 Å². The number of benzene rings is 2. The Kier molecular flexibility index (Phi) is 3.31. The summed E-state index contributed by atoms with van der Waals surface area (Å²) in [6.07, 6.45) is 1.87. The average Bonchev–Trinajstić information content (AvgIpc) is 2.54. The van der Waals surface area contributed by atoms with E-state index in [1.807, 2.05) is 18.2 Å². The molecule has 1 fully saturated rings. The molecule has 0 amide bonds. The SMILES string of the molecule is CCc1cccc(N2C(=S)NC3CC2(C)Oc2ccccc23)c1. The van der Waals surface area contributed by atoms with Gasteiger partial charge in [-0.1, -0.05) is 37.3 Å². The molecule has 3 nitrogen and oxygen atoms in total. The molecule has 2 unspecified atom stereocenters. The summed E-state index contributed by atoms with van der Waals surface area (Å²) in [6, 6.07) is 17.0. The topological polar surface area (TPSA) is 24.5 Å². The van der Waals surface area contributed by atoms with E-state index in [0.717, 1.165) is 29.4 Å². The molecule has 4 rings (SSSR count). The standard InChI is InChI=1S/C19H20N2OS/c1-3-13-7-6-8-14(11-13)21-18(23)20-16-12-19(21,2)22-17-10-5-4-9-15(16)17/h4-11,16H,3,12H2,1-2H3,(H,20,23). The number of fused-ring (bicyclic) bond motifs is 4. The van der Waals surface area contributed by atoms with Crippen molar-refractivity contribution in [1.82, 2.24) is 5.32 Å². The molecule has 118 valence electrons. The van der Waals surface area contributed by atoms with E-state index in [-0.39, 0.29) is 6.04 Å². The molecular formula is C19H20N2OS. The van der Waals surface area contributed by atoms with Crippen molar-refractivity contribution in [1.29, 1.82) is 0 Å². The van der Waals surface area contributed by atoms with Gasteiger partial charge in [-0.2, -0.15) is 0 Å². The van der Waals surface area contributed by atoms with E-state index >= 15 is 0 Å². The molecule has 0 radical (unpaired) electrons. The Morgan fingerprint density at radius 1 is 1.26 bits per heavy atom. The smallest absolute Gasteiger partial charge is 0.188 e. The molecule has 4 heteroatoms. The second kappa shape index (κ2) is 5.24. The maximum Gasteiger partial charge on any atom is 0.188 e. The zero-order chi connectivity index (χ0) is 16.0. The molecule has 2 aliphatic heterocycles. The third kappa shape index (κ3) is 2.29. The Labute approximate surface area is 142 Å². The summed E-state index contributed by atoms with van der Waals surface area (Å²) in [7, 11) is 0. The highest BCUT2D eigenvalue weighted by Crippen LogP contribution is 2.45. The second-order valence-corrected chi connectivity index (χ2v) is 6.77. The van der Waals surface area contributed by atoms with Crippen molar-refractivity contribution in [3.8, 4) is 5.75 Å². The lowest BCUT2D eigenvalue weighted by molar-refractivity contribution is 0.0498. The van der Waals surface area contributed by atoms with Crippen molar-refractivity contribution < 1.29 is 4.74 Å². The van der Waals surface area contributed by atoms with Gasteiger partial charge < -0.3 is 10.1 Å². The van der Waals surface area contributed by atoms with E-state index in [1.54, 1.807) is 0 Å². The van der Waals surface area contributed by atoms with Crippen LogP contribution < -0.4 is 15.0 Å². The summed E-state index contributed by atoms with van der Waals surface area (Å²) < 4.78 is 6.40. The molecule has 0 aliphatic carbocycles. The van der Waals surface area contributed by atoms with Crippen LogP contribution in [0.1, 0.15) is 37.4 Å². The fraction of sp³-hybridized carbons (Fsp3) is 0.316. The Hall–Kier alpha value is -2.07. The Balaban J connectivity index is 1.79. The molecule has 0 spiro atoms. The molecule has 2 aromatic carbocycles. The minimum Gasteiger partial charge on any atom is -0.467 e. The van der Waals surface area contributed by atoms with Gasteiger partial charge in [-0.3, -0.25) is 4.90 Å². The summed E-state index contributed by atoms with van der Waals surface area (Å²) in [5.41, 5.74) is 3.11. The molecule has 1 saturated heterocycles. The van der Waals surface area contributed by atoms with E-state index in [1.165, 1.54) is 11.1 Å². The van der Waals surface area contributed by atoms with Crippen LogP contribution in [0.3, 0.4) is 0 Å². The van der Waals surface area contributed by atoms with Crippen molar-refractivity contribution in [2.75, 3.05) is 4.90 Å². The summed E-state index contributed by atoms with van der Waals surface area (Å²) >= 11 is 5.68. The van der Waals surface area contributed by atoms with Gasteiger partial charge in [0.1, 0.15) is 5.75 Å². The Bertz CT molecular complexity index is 775. The highest BCUT2D eigenvalue weighted by Gasteiger charge is 2.48. The van der Waals surface area contributed by atoms with Crippen LogP contribution in [0, 0.1) is 0 Å². The highest BCUT2D eigenvalue weighted by molar-refractivity contribution is 7.80. The van der Waals surface area contributed by atoms with Crippen LogP contribution in [-0.2, 0) is 6.42 Å². The maximum absolute atomic E-state index is 6.40. The molecule has 0 saturated carbocycles. The minimum absolute atomic E-state index is 0.211. The number of para-hydroxylation sites is 1. The van der Waals surface area contributed by atoms with Gasteiger partial charge in [0, 0.05) is 17.7 Å². The number of rotatable bonds is 2. The first-order chi connectivity index (χ1) is 11.1. The average molecular weight is 324 g/mol. The van der Waals surface area contributed by atoms with E-state index in [0.29, 0.717) is 0 Å². The normalized spacial score (nSPS) is 25.4. The Morgan fingerprint density at radius 3 is 2.91 bits per heavy atom. The van der Waals surface area contributed by atoms with Gasteiger partial charge in [0.25, 0.3) is 0 Å². The monoisotopic (exact) mass is 324 g/mol. The number of hydrogen-bond donors (Lipinski definition) is 1. The molecular weight excluding hydrogens is 304 g/mol.